The van der Waals surface area contributed by atoms with Gasteiger partial charge in [0, 0.05) is 24.4 Å². The molecule has 4 heteroatoms. The topological polar surface area (TPSA) is 48.1 Å². The summed E-state index contributed by atoms with van der Waals surface area (Å²) in [6.45, 7) is 2.21. The molecule has 0 aliphatic rings. The van der Waals surface area contributed by atoms with E-state index in [2.05, 4.69) is 4.98 Å². The summed E-state index contributed by atoms with van der Waals surface area (Å²) in [6, 6.07) is 6.20. The van der Waals surface area contributed by atoms with Crippen molar-refractivity contribution < 1.29 is 9.13 Å². The molecule has 0 unspecified atom stereocenters. The highest BCUT2D eigenvalue weighted by Crippen LogP contribution is 2.27. The van der Waals surface area contributed by atoms with Gasteiger partial charge in [-0.15, -0.1) is 0 Å². The first-order valence-electron chi connectivity index (χ1n) is 5.27. The van der Waals surface area contributed by atoms with E-state index < -0.39 is 0 Å². The zero-order valence-electron chi connectivity index (χ0n) is 9.48. The molecular weight excluding hydrogens is 219 g/mol. The third-order valence-electron chi connectivity index (χ3n) is 2.46. The molecule has 0 saturated carbocycles. The molecule has 0 bridgehead atoms. The molecule has 2 rings (SSSR count). The lowest BCUT2D eigenvalue weighted by Crippen LogP contribution is -2.00. The Morgan fingerprint density at radius 2 is 2.12 bits per heavy atom. The van der Waals surface area contributed by atoms with Crippen LogP contribution in [0.1, 0.15) is 11.1 Å². The van der Waals surface area contributed by atoms with Crippen LogP contribution in [-0.2, 0) is 6.54 Å². The summed E-state index contributed by atoms with van der Waals surface area (Å²) in [5.74, 6) is 0.709. The van der Waals surface area contributed by atoms with Crippen LogP contribution in [0, 0.1) is 12.7 Å². The first-order valence-corrected chi connectivity index (χ1v) is 5.27. The number of nitrogens with two attached hydrogens (primary N) is 1. The van der Waals surface area contributed by atoms with Gasteiger partial charge in [-0.3, -0.25) is 4.98 Å². The number of hydrogen-bond donors (Lipinski definition) is 1. The van der Waals surface area contributed by atoms with Crippen LogP contribution >= 0.6 is 0 Å². The van der Waals surface area contributed by atoms with Gasteiger partial charge in [0.05, 0.1) is 6.20 Å². The molecule has 0 aliphatic heterocycles. The Balaban J connectivity index is 2.34. The molecule has 1 aromatic heterocycles. The molecule has 17 heavy (non-hydrogen) atoms. The summed E-state index contributed by atoms with van der Waals surface area (Å²) in [5, 5.41) is 0. The fraction of sp³-hybridized carbons (Fsp3) is 0.154. The van der Waals surface area contributed by atoms with E-state index in [1.807, 2.05) is 6.92 Å². The van der Waals surface area contributed by atoms with Gasteiger partial charge >= 0.3 is 0 Å². The van der Waals surface area contributed by atoms with Crippen LogP contribution < -0.4 is 10.5 Å². The average molecular weight is 232 g/mol. The monoisotopic (exact) mass is 232 g/mol. The molecule has 0 aliphatic carbocycles. The van der Waals surface area contributed by atoms with Gasteiger partial charge in [-0.2, -0.15) is 0 Å². The second-order valence-electron chi connectivity index (χ2n) is 3.70. The maximum absolute atomic E-state index is 13.1. The number of hydrogen-bond acceptors (Lipinski definition) is 3. The maximum atomic E-state index is 13.1. The van der Waals surface area contributed by atoms with E-state index in [1.165, 1.54) is 12.1 Å². The number of rotatable bonds is 3. The molecule has 0 fully saturated rings. The van der Waals surface area contributed by atoms with E-state index in [0.29, 0.717) is 18.0 Å². The fourth-order valence-corrected chi connectivity index (χ4v) is 1.47. The Hall–Kier alpha value is -1.94. The first-order chi connectivity index (χ1) is 8.20. The van der Waals surface area contributed by atoms with Gasteiger partial charge in [0.2, 0.25) is 0 Å². The van der Waals surface area contributed by atoms with Crippen molar-refractivity contribution >= 4 is 0 Å². The molecule has 1 aromatic carbocycles. The summed E-state index contributed by atoms with van der Waals surface area (Å²) in [6.07, 6.45) is 3.22. The van der Waals surface area contributed by atoms with Crippen molar-refractivity contribution in [1.29, 1.82) is 0 Å². The Bertz CT molecular complexity index is 529. The quantitative estimate of drug-likeness (QED) is 0.885. The third-order valence-corrected chi connectivity index (χ3v) is 2.46. The number of nitrogens with zero attached hydrogens (tertiary/aromatic N) is 1. The normalized spacial score (nSPS) is 10.3. The highest BCUT2D eigenvalue weighted by atomic mass is 19.1. The highest BCUT2D eigenvalue weighted by Gasteiger charge is 2.06. The van der Waals surface area contributed by atoms with Crippen molar-refractivity contribution in [2.75, 3.05) is 0 Å². The molecule has 2 aromatic rings. The summed E-state index contributed by atoms with van der Waals surface area (Å²) in [5.41, 5.74) is 7.29. The Labute approximate surface area is 99.1 Å². The molecule has 88 valence electrons. The van der Waals surface area contributed by atoms with E-state index in [4.69, 9.17) is 10.5 Å². The first kappa shape index (κ1) is 11.5. The van der Waals surface area contributed by atoms with Crippen LogP contribution in [0.2, 0.25) is 0 Å². The Kier molecular flexibility index (Phi) is 3.35. The average Bonchev–Trinajstić information content (AvgIpc) is 2.34. The second kappa shape index (κ2) is 4.93. The van der Waals surface area contributed by atoms with Gasteiger partial charge in [0.15, 0.2) is 0 Å². The lowest BCUT2D eigenvalue weighted by Gasteiger charge is -2.11. The predicted molar refractivity (Wildman–Crippen MR) is 63.3 cm³/mol. The van der Waals surface area contributed by atoms with Gasteiger partial charge in [-0.25, -0.2) is 4.39 Å². The van der Waals surface area contributed by atoms with Crippen LogP contribution in [0.15, 0.2) is 36.7 Å². The summed E-state index contributed by atoms with van der Waals surface area (Å²) < 4.78 is 18.7. The van der Waals surface area contributed by atoms with Crippen LogP contribution in [0.4, 0.5) is 4.39 Å². The minimum atomic E-state index is -0.330. The van der Waals surface area contributed by atoms with Crippen LogP contribution in [-0.4, -0.2) is 4.98 Å². The van der Waals surface area contributed by atoms with Crippen molar-refractivity contribution in [3.05, 3.63) is 53.6 Å². The van der Waals surface area contributed by atoms with E-state index >= 15 is 0 Å². The smallest absolute Gasteiger partial charge is 0.150 e. The molecule has 0 radical (unpaired) electrons. The van der Waals surface area contributed by atoms with Gasteiger partial charge in [0.25, 0.3) is 0 Å². The Morgan fingerprint density at radius 3 is 2.88 bits per heavy atom. The molecule has 0 amide bonds. The number of aryl methyl sites for hydroxylation is 1. The molecule has 0 atom stereocenters. The second-order valence-corrected chi connectivity index (χ2v) is 3.70. The van der Waals surface area contributed by atoms with Gasteiger partial charge in [0.1, 0.15) is 17.3 Å². The van der Waals surface area contributed by atoms with Crippen molar-refractivity contribution in [1.82, 2.24) is 4.98 Å². The van der Waals surface area contributed by atoms with Crippen LogP contribution in [0.25, 0.3) is 0 Å². The van der Waals surface area contributed by atoms with Crippen LogP contribution in [0.5, 0.6) is 11.5 Å². The molecule has 0 saturated heterocycles. The van der Waals surface area contributed by atoms with Crippen LogP contribution in [0.3, 0.4) is 0 Å². The number of aromatic nitrogens is 1. The summed E-state index contributed by atoms with van der Waals surface area (Å²) in [7, 11) is 0. The lowest BCUT2D eigenvalue weighted by molar-refractivity contribution is 0.465. The molecule has 2 N–H and O–H groups in total. The number of pyridine rings is 1. The minimum Gasteiger partial charge on any atom is -0.455 e. The highest BCUT2D eigenvalue weighted by molar-refractivity contribution is 5.39. The summed E-state index contributed by atoms with van der Waals surface area (Å²) in [4.78, 5) is 3.97. The van der Waals surface area contributed by atoms with Crippen molar-refractivity contribution in [3.63, 3.8) is 0 Å². The van der Waals surface area contributed by atoms with Gasteiger partial charge in [-0.1, -0.05) is 6.07 Å². The van der Waals surface area contributed by atoms with E-state index in [9.17, 15) is 4.39 Å². The van der Waals surface area contributed by atoms with Crippen molar-refractivity contribution in [2.45, 2.75) is 13.5 Å². The molecular formula is C13H13FN2O. The van der Waals surface area contributed by atoms with Gasteiger partial charge in [-0.05, 0) is 24.6 Å². The predicted octanol–water partition coefficient (Wildman–Crippen LogP) is 2.78. The SMILES string of the molecule is Cc1ccc(F)cc1Oc1cnccc1CN. The largest absolute Gasteiger partial charge is 0.455 e. The fourth-order valence-electron chi connectivity index (χ4n) is 1.47. The number of ether oxygens (including phenoxy) is 1. The summed E-state index contributed by atoms with van der Waals surface area (Å²) >= 11 is 0. The molecule has 3 nitrogen and oxygen atoms in total. The standard InChI is InChI=1S/C13H13FN2O/c1-9-2-3-11(14)6-12(9)17-13-8-16-5-4-10(13)7-15/h2-6,8H,7,15H2,1H3. The third kappa shape index (κ3) is 2.60. The van der Waals surface area contributed by atoms with Crippen molar-refractivity contribution in [2.24, 2.45) is 5.73 Å². The van der Waals surface area contributed by atoms with Crippen molar-refractivity contribution in [3.8, 4) is 11.5 Å². The minimum absolute atomic E-state index is 0.330. The zero-order chi connectivity index (χ0) is 12.3. The zero-order valence-corrected chi connectivity index (χ0v) is 9.48. The lowest BCUT2D eigenvalue weighted by atomic mass is 10.2. The molecule has 1 heterocycles. The van der Waals surface area contributed by atoms with E-state index in [0.717, 1.165) is 11.1 Å². The number of benzene rings is 1. The Morgan fingerprint density at radius 1 is 1.29 bits per heavy atom. The van der Waals surface area contributed by atoms with E-state index in [1.54, 1.807) is 24.5 Å². The van der Waals surface area contributed by atoms with Gasteiger partial charge < -0.3 is 10.5 Å². The molecule has 0 spiro atoms. The maximum Gasteiger partial charge on any atom is 0.150 e. The van der Waals surface area contributed by atoms with E-state index in [-0.39, 0.29) is 5.82 Å². The number of halogens is 1.